The van der Waals surface area contributed by atoms with Crippen molar-refractivity contribution in [3.8, 4) is 5.75 Å². The fourth-order valence-electron chi connectivity index (χ4n) is 0.791. The second-order valence-corrected chi connectivity index (χ2v) is 2.44. The van der Waals surface area contributed by atoms with Crippen LogP contribution in [0.4, 0.5) is 10.1 Å². The maximum Gasteiger partial charge on any atom is 0.189 e. The minimum atomic E-state index is -0.478. The Bertz CT molecular complexity index is 278. The predicted octanol–water partition coefficient (Wildman–Crippen LogP) is 1.78. The monoisotopic (exact) mass is 185 g/mol. The second kappa shape index (κ2) is 4.67. The molecule has 0 aliphatic rings. The van der Waals surface area contributed by atoms with Crippen molar-refractivity contribution in [2.24, 2.45) is 0 Å². The number of rotatable bonds is 4. The molecule has 0 saturated heterocycles. The number of benzene rings is 1. The summed E-state index contributed by atoms with van der Waals surface area (Å²) in [6.07, 6.45) is 0. The summed E-state index contributed by atoms with van der Waals surface area (Å²) in [5.74, 6) is -0.0610. The van der Waals surface area contributed by atoms with Crippen LogP contribution in [0.15, 0.2) is 18.2 Å². The van der Waals surface area contributed by atoms with Crippen molar-refractivity contribution in [3.63, 3.8) is 0 Å². The number of hydrogen-bond donors (Lipinski definition) is 1. The molecule has 0 bridgehead atoms. The summed E-state index contributed by atoms with van der Waals surface area (Å²) in [6.45, 7) is 2.55. The molecule has 0 heterocycles. The van der Waals surface area contributed by atoms with Gasteiger partial charge < -0.3 is 15.2 Å². The molecule has 3 nitrogen and oxygen atoms in total. The van der Waals surface area contributed by atoms with Crippen LogP contribution in [0.1, 0.15) is 6.92 Å². The Hall–Kier alpha value is -1.29. The lowest BCUT2D eigenvalue weighted by molar-refractivity contribution is 0.0222. The van der Waals surface area contributed by atoms with Crippen molar-refractivity contribution in [2.45, 2.75) is 6.92 Å². The molecule has 0 aromatic heterocycles. The van der Waals surface area contributed by atoms with E-state index in [1.807, 2.05) is 6.92 Å². The van der Waals surface area contributed by atoms with Gasteiger partial charge in [0.2, 0.25) is 0 Å². The molecule has 0 unspecified atom stereocenters. The Kier molecular flexibility index (Phi) is 3.52. The van der Waals surface area contributed by atoms with Gasteiger partial charge in [-0.3, -0.25) is 0 Å². The van der Waals surface area contributed by atoms with E-state index in [0.717, 1.165) is 0 Å². The first-order valence-electron chi connectivity index (χ1n) is 3.99. The first-order chi connectivity index (χ1) is 6.24. The highest BCUT2D eigenvalue weighted by Crippen LogP contribution is 2.17. The third kappa shape index (κ3) is 2.91. The standard InChI is InChI=1S/C9H12FNO2/c1-2-12-6-13-7-3-4-9(11)8(10)5-7/h3-5H,2,6,11H2,1H3. The van der Waals surface area contributed by atoms with Crippen LogP contribution in [-0.4, -0.2) is 13.4 Å². The highest BCUT2D eigenvalue weighted by molar-refractivity contribution is 5.43. The Morgan fingerprint density at radius 3 is 2.85 bits per heavy atom. The average molecular weight is 185 g/mol. The number of anilines is 1. The number of halogens is 1. The zero-order valence-corrected chi connectivity index (χ0v) is 7.42. The molecule has 72 valence electrons. The van der Waals surface area contributed by atoms with Crippen molar-refractivity contribution in [2.75, 3.05) is 19.1 Å². The molecule has 0 fully saturated rings. The normalized spacial score (nSPS) is 10.0. The van der Waals surface area contributed by atoms with E-state index in [9.17, 15) is 4.39 Å². The van der Waals surface area contributed by atoms with Gasteiger partial charge in [0.05, 0.1) is 5.69 Å². The first kappa shape index (κ1) is 9.80. The van der Waals surface area contributed by atoms with Crippen LogP contribution >= 0.6 is 0 Å². The summed E-state index contributed by atoms with van der Waals surface area (Å²) in [6, 6.07) is 4.28. The minimum absolute atomic E-state index is 0.115. The van der Waals surface area contributed by atoms with E-state index in [4.69, 9.17) is 15.2 Å². The minimum Gasteiger partial charge on any atom is -0.467 e. The summed E-state index contributed by atoms with van der Waals surface area (Å²) >= 11 is 0. The SMILES string of the molecule is CCOCOc1ccc(N)c(F)c1. The van der Waals surface area contributed by atoms with Crippen LogP contribution < -0.4 is 10.5 Å². The van der Waals surface area contributed by atoms with Crippen molar-refractivity contribution in [3.05, 3.63) is 24.0 Å². The maximum atomic E-state index is 12.8. The van der Waals surface area contributed by atoms with Crippen LogP contribution in [-0.2, 0) is 4.74 Å². The zero-order valence-electron chi connectivity index (χ0n) is 7.42. The van der Waals surface area contributed by atoms with Gasteiger partial charge in [-0.1, -0.05) is 0 Å². The molecule has 0 saturated carbocycles. The van der Waals surface area contributed by atoms with Gasteiger partial charge >= 0.3 is 0 Å². The Morgan fingerprint density at radius 1 is 1.46 bits per heavy atom. The third-order valence-electron chi connectivity index (χ3n) is 1.48. The van der Waals surface area contributed by atoms with E-state index >= 15 is 0 Å². The van der Waals surface area contributed by atoms with E-state index in [-0.39, 0.29) is 12.5 Å². The van der Waals surface area contributed by atoms with Crippen molar-refractivity contribution < 1.29 is 13.9 Å². The molecule has 0 atom stereocenters. The lowest BCUT2D eigenvalue weighted by Crippen LogP contribution is -2.02. The van der Waals surface area contributed by atoms with Gasteiger partial charge in [-0.2, -0.15) is 0 Å². The fraction of sp³-hybridized carbons (Fsp3) is 0.333. The van der Waals surface area contributed by atoms with E-state index in [1.165, 1.54) is 12.1 Å². The quantitative estimate of drug-likeness (QED) is 0.441. The van der Waals surface area contributed by atoms with Gasteiger partial charge in [0.1, 0.15) is 11.6 Å². The number of hydrogen-bond acceptors (Lipinski definition) is 3. The lowest BCUT2D eigenvalue weighted by Gasteiger charge is -2.06. The van der Waals surface area contributed by atoms with Crippen LogP contribution in [0.5, 0.6) is 5.75 Å². The number of ether oxygens (including phenoxy) is 2. The van der Waals surface area contributed by atoms with Crippen LogP contribution in [0, 0.1) is 5.82 Å². The van der Waals surface area contributed by atoms with Gasteiger partial charge in [-0.05, 0) is 19.1 Å². The lowest BCUT2D eigenvalue weighted by atomic mass is 10.3. The number of nitrogens with two attached hydrogens (primary N) is 1. The van der Waals surface area contributed by atoms with Crippen molar-refractivity contribution in [1.82, 2.24) is 0 Å². The maximum absolute atomic E-state index is 12.8. The molecule has 0 aliphatic carbocycles. The molecular formula is C9H12FNO2. The molecule has 4 heteroatoms. The van der Waals surface area contributed by atoms with Gasteiger partial charge in [-0.15, -0.1) is 0 Å². The van der Waals surface area contributed by atoms with Gasteiger partial charge in [0, 0.05) is 12.7 Å². The van der Waals surface area contributed by atoms with Gasteiger partial charge in [0.25, 0.3) is 0 Å². The molecule has 13 heavy (non-hydrogen) atoms. The van der Waals surface area contributed by atoms with Crippen molar-refractivity contribution in [1.29, 1.82) is 0 Å². The van der Waals surface area contributed by atoms with E-state index < -0.39 is 5.82 Å². The van der Waals surface area contributed by atoms with E-state index in [1.54, 1.807) is 6.07 Å². The number of nitrogen functional groups attached to an aromatic ring is 1. The summed E-state index contributed by atoms with van der Waals surface area (Å²) in [7, 11) is 0. The van der Waals surface area contributed by atoms with E-state index in [2.05, 4.69) is 0 Å². The molecule has 2 N–H and O–H groups in total. The molecule has 0 radical (unpaired) electrons. The Labute approximate surface area is 76.3 Å². The summed E-state index contributed by atoms with van der Waals surface area (Å²) in [4.78, 5) is 0. The smallest absolute Gasteiger partial charge is 0.189 e. The Morgan fingerprint density at radius 2 is 2.23 bits per heavy atom. The van der Waals surface area contributed by atoms with Crippen LogP contribution in [0.2, 0.25) is 0 Å². The average Bonchev–Trinajstić information content (AvgIpc) is 2.12. The summed E-state index contributed by atoms with van der Waals surface area (Å²) in [5.41, 5.74) is 5.40. The highest BCUT2D eigenvalue weighted by Gasteiger charge is 1.99. The van der Waals surface area contributed by atoms with Crippen molar-refractivity contribution >= 4 is 5.69 Å². The zero-order chi connectivity index (χ0) is 9.68. The molecular weight excluding hydrogens is 173 g/mol. The molecule has 0 aliphatic heterocycles. The second-order valence-electron chi connectivity index (χ2n) is 2.44. The van der Waals surface area contributed by atoms with Gasteiger partial charge in [-0.25, -0.2) is 4.39 Å². The Balaban J connectivity index is 2.53. The van der Waals surface area contributed by atoms with Crippen LogP contribution in [0.25, 0.3) is 0 Å². The highest BCUT2D eigenvalue weighted by atomic mass is 19.1. The van der Waals surface area contributed by atoms with Gasteiger partial charge in [0.15, 0.2) is 6.79 Å². The topological polar surface area (TPSA) is 44.5 Å². The van der Waals surface area contributed by atoms with Crippen LogP contribution in [0.3, 0.4) is 0 Å². The molecule has 1 aromatic carbocycles. The summed E-state index contributed by atoms with van der Waals surface area (Å²) in [5, 5.41) is 0. The fourth-order valence-corrected chi connectivity index (χ4v) is 0.791. The molecule has 1 aromatic rings. The predicted molar refractivity (Wildman–Crippen MR) is 47.9 cm³/mol. The third-order valence-corrected chi connectivity index (χ3v) is 1.48. The van der Waals surface area contributed by atoms with E-state index in [0.29, 0.717) is 12.4 Å². The molecule has 0 spiro atoms. The largest absolute Gasteiger partial charge is 0.467 e. The summed E-state index contributed by atoms with van der Waals surface area (Å²) < 4.78 is 22.8. The molecule has 0 amide bonds. The first-order valence-corrected chi connectivity index (χ1v) is 3.99. The molecule has 1 rings (SSSR count).